The highest BCUT2D eigenvalue weighted by atomic mass is 79.9. The summed E-state index contributed by atoms with van der Waals surface area (Å²) in [4.78, 5) is 30.4. The Labute approximate surface area is 291 Å². The number of nitrogens with one attached hydrogen (secondary N) is 1. The molecule has 4 aromatic carbocycles. The summed E-state index contributed by atoms with van der Waals surface area (Å²) in [5.74, 6) is -0.782. The molecule has 7 nitrogen and oxygen atoms in total. The van der Waals surface area contributed by atoms with Crippen molar-refractivity contribution in [1.82, 2.24) is 10.2 Å². The number of benzene rings is 4. The van der Waals surface area contributed by atoms with Crippen molar-refractivity contribution in [2.75, 3.05) is 10.8 Å². The van der Waals surface area contributed by atoms with Gasteiger partial charge in [-0.2, -0.15) is 0 Å². The molecule has 1 aliphatic carbocycles. The number of rotatable bonds is 12. The highest BCUT2D eigenvalue weighted by Gasteiger charge is 2.36. The van der Waals surface area contributed by atoms with Crippen LogP contribution in [0.15, 0.2) is 112 Å². The van der Waals surface area contributed by atoms with E-state index in [9.17, 15) is 18.0 Å². The van der Waals surface area contributed by atoms with Gasteiger partial charge in [-0.25, -0.2) is 8.42 Å². The second kappa shape index (κ2) is 16.0. The molecule has 10 heteroatoms. The van der Waals surface area contributed by atoms with Crippen LogP contribution >= 0.6 is 27.5 Å². The summed E-state index contributed by atoms with van der Waals surface area (Å²) in [5, 5.41) is 3.42. The van der Waals surface area contributed by atoms with Crippen molar-refractivity contribution in [3.05, 3.63) is 129 Å². The Balaban J connectivity index is 1.57. The van der Waals surface area contributed by atoms with E-state index in [2.05, 4.69) is 21.2 Å². The third-order valence-electron chi connectivity index (χ3n) is 8.47. The van der Waals surface area contributed by atoms with Gasteiger partial charge in [-0.3, -0.25) is 13.9 Å². The first kappa shape index (κ1) is 34.7. The molecule has 1 fully saturated rings. The third-order valence-corrected chi connectivity index (χ3v) is 11.1. The minimum Gasteiger partial charge on any atom is -0.352 e. The number of aryl methyl sites for hydroxylation is 1. The summed E-state index contributed by atoms with van der Waals surface area (Å²) in [6, 6.07) is 29.3. The minimum atomic E-state index is -4.24. The van der Waals surface area contributed by atoms with Gasteiger partial charge in [0.25, 0.3) is 10.0 Å². The Bertz CT molecular complexity index is 1780. The van der Waals surface area contributed by atoms with Crippen molar-refractivity contribution < 1.29 is 18.0 Å². The second-order valence-electron chi connectivity index (χ2n) is 12.0. The fourth-order valence-corrected chi connectivity index (χ4v) is 8.10. The first-order valence-electron chi connectivity index (χ1n) is 15.8. The van der Waals surface area contributed by atoms with Gasteiger partial charge in [0.1, 0.15) is 12.6 Å². The van der Waals surface area contributed by atoms with Crippen molar-refractivity contribution in [3.63, 3.8) is 0 Å². The molecule has 1 N–H and O–H groups in total. The number of amides is 2. The molecule has 2 amide bonds. The lowest BCUT2D eigenvalue weighted by atomic mass is 9.94. The van der Waals surface area contributed by atoms with Crippen molar-refractivity contribution >= 4 is 55.1 Å². The first-order valence-corrected chi connectivity index (χ1v) is 18.4. The lowest BCUT2D eigenvalue weighted by Crippen LogP contribution is -2.55. The van der Waals surface area contributed by atoms with Crippen LogP contribution in [0.2, 0.25) is 5.02 Å². The number of carbonyl (C=O) groups is 2. The standard InChI is InChI=1S/C37H39BrClN3O4S/c1-27-19-21-32(22-20-27)47(45,46)42(34-18-9-8-17-33(34)39)26-36(43)41(25-29-13-10-14-30(38)23-29)35(24-28-11-4-2-5-12-28)37(44)40-31-15-6-3-7-16-31/h2,4-5,8-14,17-23,31,35H,3,6-7,15-16,24-26H2,1H3,(H,40,44)/t35-/m1/s1. The highest BCUT2D eigenvalue weighted by Crippen LogP contribution is 2.31. The van der Waals surface area contributed by atoms with Crippen molar-refractivity contribution in [1.29, 1.82) is 0 Å². The highest BCUT2D eigenvalue weighted by molar-refractivity contribution is 9.10. The van der Waals surface area contributed by atoms with Crippen LogP contribution in [-0.2, 0) is 32.6 Å². The van der Waals surface area contributed by atoms with E-state index in [1.807, 2.05) is 61.5 Å². The lowest BCUT2D eigenvalue weighted by molar-refractivity contribution is -0.140. The number of carbonyl (C=O) groups excluding carboxylic acids is 2. The molecule has 1 saturated carbocycles. The molecule has 1 atom stereocenters. The Morgan fingerprint density at radius 2 is 1.53 bits per heavy atom. The van der Waals surface area contributed by atoms with Crippen molar-refractivity contribution in [2.24, 2.45) is 0 Å². The van der Waals surface area contributed by atoms with Crippen LogP contribution in [0, 0.1) is 6.92 Å². The Morgan fingerprint density at radius 3 is 2.21 bits per heavy atom. The van der Waals surface area contributed by atoms with E-state index in [1.165, 1.54) is 17.0 Å². The number of anilines is 1. The van der Waals surface area contributed by atoms with Gasteiger partial charge in [-0.15, -0.1) is 0 Å². The molecule has 0 radical (unpaired) electrons. The van der Waals surface area contributed by atoms with Gasteiger partial charge in [0.05, 0.1) is 15.6 Å². The maximum atomic E-state index is 14.7. The van der Waals surface area contributed by atoms with Crippen LogP contribution < -0.4 is 9.62 Å². The van der Waals surface area contributed by atoms with E-state index in [0.29, 0.717) is 0 Å². The third kappa shape index (κ3) is 9.03. The lowest BCUT2D eigenvalue weighted by Gasteiger charge is -2.35. The summed E-state index contributed by atoms with van der Waals surface area (Å²) in [6.45, 7) is 1.40. The molecule has 0 aliphatic heterocycles. The second-order valence-corrected chi connectivity index (χ2v) is 15.2. The topological polar surface area (TPSA) is 86.8 Å². The number of para-hydroxylation sites is 1. The molecule has 0 unspecified atom stereocenters. The molecular formula is C37H39BrClN3O4S. The molecule has 47 heavy (non-hydrogen) atoms. The SMILES string of the molecule is Cc1ccc(S(=O)(=O)N(CC(=O)N(Cc2cccc(Br)c2)[C@H](Cc2ccccc2)C(=O)NC2CCCCC2)c2ccccc2Cl)cc1. The van der Waals surface area contributed by atoms with E-state index in [-0.39, 0.29) is 40.5 Å². The zero-order valence-corrected chi connectivity index (χ0v) is 29.5. The van der Waals surface area contributed by atoms with E-state index >= 15 is 0 Å². The Hall–Kier alpha value is -3.66. The fourth-order valence-electron chi connectivity index (χ4n) is 5.94. The average Bonchev–Trinajstić information content (AvgIpc) is 3.06. The predicted molar refractivity (Wildman–Crippen MR) is 191 cm³/mol. The normalized spacial score (nSPS) is 14.3. The van der Waals surface area contributed by atoms with Gasteiger partial charge in [-0.05, 0) is 67.3 Å². The number of sulfonamides is 1. The fraction of sp³-hybridized carbons (Fsp3) is 0.297. The number of hydrogen-bond donors (Lipinski definition) is 1. The van der Waals surface area contributed by atoms with E-state index in [0.717, 1.165) is 57.6 Å². The predicted octanol–water partition coefficient (Wildman–Crippen LogP) is 7.70. The first-order chi connectivity index (χ1) is 22.6. The number of nitrogens with zero attached hydrogens (tertiary/aromatic N) is 2. The molecule has 0 aromatic heterocycles. The monoisotopic (exact) mass is 735 g/mol. The summed E-state index contributed by atoms with van der Waals surface area (Å²) >= 11 is 10.1. The van der Waals surface area contributed by atoms with Crippen LogP contribution in [0.5, 0.6) is 0 Å². The van der Waals surface area contributed by atoms with Gasteiger partial charge >= 0.3 is 0 Å². The van der Waals surface area contributed by atoms with Crippen LogP contribution in [0.1, 0.15) is 48.8 Å². The van der Waals surface area contributed by atoms with Gasteiger partial charge in [0, 0.05) is 23.5 Å². The van der Waals surface area contributed by atoms with E-state index in [4.69, 9.17) is 11.6 Å². The van der Waals surface area contributed by atoms with Crippen LogP contribution in [0.25, 0.3) is 0 Å². The van der Waals surface area contributed by atoms with Crippen LogP contribution in [0.3, 0.4) is 0 Å². The maximum Gasteiger partial charge on any atom is 0.264 e. The Morgan fingerprint density at radius 1 is 0.872 bits per heavy atom. The molecule has 1 aliphatic rings. The van der Waals surface area contributed by atoms with Gasteiger partial charge in [-0.1, -0.05) is 119 Å². The average molecular weight is 737 g/mol. The van der Waals surface area contributed by atoms with Gasteiger partial charge in [0.15, 0.2) is 0 Å². The molecular weight excluding hydrogens is 698 g/mol. The summed E-state index contributed by atoms with van der Waals surface area (Å²) < 4.78 is 30.3. The van der Waals surface area contributed by atoms with E-state index < -0.39 is 28.5 Å². The van der Waals surface area contributed by atoms with E-state index in [1.54, 1.807) is 36.4 Å². The molecule has 5 rings (SSSR count). The smallest absolute Gasteiger partial charge is 0.264 e. The number of hydrogen-bond acceptors (Lipinski definition) is 4. The number of halogens is 2. The quantitative estimate of drug-likeness (QED) is 0.162. The molecule has 0 saturated heterocycles. The molecule has 0 spiro atoms. The summed E-state index contributed by atoms with van der Waals surface area (Å²) in [7, 11) is -4.24. The van der Waals surface area contributed by atoms with Gasteiger partial charge in [0.2, 0.25) is 11.8 Å². The van der Waals surface area contributed by atoms with Crippen LogP contribution in [-0.4, -0.2) is 43.8 Å². The van der Waals surface area contributed by atoms with Crippen molar-refractivity contribution in [2.45, 2.75) is 69.0 Å². The molecule has 0 heterocycles. The largest absolute Gasteiger partial charge is 0.352 e. The molecule has 0 bridgehead atoms. The minimum absolute atomic E-state index is 0.0267. The summed E-state index contributed by atoms with van der Waals surface area (Å²) in [6.07, 6.45) is 5.25. The van der Waals surface area contributed by atoms with Gasteiger partial charge < -0.3 is 10.2 Å². The van der Waals surface area contributed by atoms with Crippen molar-refractivity contribution in [3.8, 4) is 0 Å². The summed E-state index contributed by atoms with van der Waals surface area (Å²) in [5.41, 5.74) is 2.76. The molecule has 4 aromatic rings. The Kier molecular flexibility index (Phi) is 11.8. The molecule has 246 valence electrons. The van der Waals surface area contributed by atoms with Crippen LogP contribution in [0.4, 0.5) is 5.69 Å². The maximum absolute atomic E-state index is 14.7. The zero-order chi connectivity index (χ0) is 33.4. The zero-order valence-electron chi connectivity index (χ0n) is 26.3.